The van der Waals surface area contributed by atoms with E-state index in [9.17, 15) is 9.59 Å². The molecule has 32 heavy (non-hydrogen) atoms. The number of halogens is 1. The Bertz CT molecular complexity index is 928. The van der Waals surface area contributed by atoms with Crippen LogP contribution in [0, 0.1) is 5.92 Å². The van der Waals surface area contributed by atoms with Crippen molar-refractivity contribution >= 4 is 34.8 Å². The lowest BCUT2D eigenvalue weighted by atomic mass is 10.0. The molecule has 1 aromatic carbocycles. The number of hydrogen-bond acceptors (Lipinski definition) is 5. The predicted molar refractivity (Wildman–Crippen MR) is 125 cm³/mol. The lowest BCUT2D eigenvalue weighted by Gasteiger charge is -2.37. The number of amides is 2. The van der Waals surface area contributed by atoms with Crippen LogP contribution in [-0.2, 0) is 20.7 Å². The zero-order chi connectivity index (χ0) is 22.5. The molecule has 8 heteroatoms. The van der Waals surface area contributed by atoms with Crippen molar-refractivity contribution in [2.75, 3.05) is 40.0 Å². The molecule has 2 amide bonds. The SMILES string of the molecule is COCCCN(CC(=O)N1CCc2sccc2C1COc1ccc(Cl)cc1)C(=O)C1CC1. The lowest BCUT2D eigenvalue weighted by Crippen LogP contribution is -2.48. The van der Waals surface area contributed by atoms with Gasteiger partial charge in [0.2, 0.25) is 11.8 Å². The van der Waals surface area contributed by atoms with E-state index in [4.69, 9.17) is 21.1 Å². The Kier molecular flexibility index (Phi) is 7.71. The highest BCUT2D eigenvalue weighted by molar-refractivity contribution is 7.10. The molecule has 172 valence electrons. The lowest BCUT2D eigenvalue weighted by molar-refractivity contribution is -0.143. The standard InChI is InChI=1S/C24H29ClN2O4S/c1-30-13-2-11-26(24(29)17-3-4-17)15-23(28)27-12-9-22-20(10-14-32-22)21(27)16-31-19-7-5-18(25)6-8-19/h5-8,10,14,17,21H,2-4,9,11-13,15-16H2,1H3. The van der Waals surface area contributed by atoms with Crippen LogP contribution >= 0.6 is 22.9 Å². The number of thiophene rings is 1. The van der Waals surface area contributed by atoms with Gasteiger partial charge in [0.05, 0.1) is 12.6 Å². The number of carbonyl (C=O) groups excluding carboxylic acids is 2. The molecular weight excluding hydrogens is 448 g/mol. The minimum absolute atomic E-state index is 0.0297. The Morgan fingerprint density at radius 1 is 1.22 bits per heavy atom. The summed E-state index contributed by atoms with van der Waals surface area (Å²) in [6, 6.07) is 9.15. The van der Waals surface area contributed by atoms with Gasteiger partial charge in [-0.05, 0) is 67.0 Å². The summed E-state index contributed by atoms with van der Waals surface area (Å²) in [5.74, 6) is 0.864. The van der Waals surface area contributed by atoms with Crippen molar-refractivity contribution < 1.29 is 19.1 Å². The Morgan fingerprint density at radius 3 is 2.72 bits per heavy atom. The van der Waals surface area contributed by atoms with E-state index in [-0.39, 0.29) is 30.3 Å². The third-order valence-corrected chi connectivity index (χ3v) is 7.23. The molecule has 1 atom stereocenters. The normalized spacial score (nSPS) is 17.7. The fourth-order valence-electron chi connectivity index (χ4n) is 4.09. The molecule has 1 fully saturated rings. The number of hydrogen-bond donors (Lipinski definition) is 0. The molecule has 6 nitrogen and oxygen atoms in total. The molecule has 1 unspecified atom stereocenters. The zero-order valence-electron chi connectivity index (χ0n) is 18.3. The number of methoxy groups -OCH3 is 1. The van der Waals surface area contributed by atoms with Gasteiger partial charge in [-0.3, -0.25) is 9.59 Å². The maximum absolute atomic E-state index is 13.4. The molecule has 1 saturated carbocycles. The van der Waals surface area contributed by atoms with E-state index in [1.807, 2.05) is 17.0 Å². The highest BCUT2D eigenvalue weighted by Crippen LogP contribution is 2.35. The molecule has 0 bridgehead atoms. The molecule has 0 spiro atoms. The minimum atomic E-state index is -0.176. The van der Waals surface area contributed by atoms with Crippen LogP contribution in [0.1, 0.15) is 35.7 Å². The number of benzene rings is 1. The van der Waals surface area contributed by atoms with Crippen molar-refractivity contribution in [1.29, 1.82) is 0 Å². The number of nitrogens with zero attached hydrogens (tertiary/aromatic N) is 2. The van der Waals surface area contributed by atoms with Crippen LogP contribution in [0.4, 0.5) is 0 Å². The van der Waals surface area contributed by atoms with Crippen molar-refractivity contribution in [3.8, 4) is 5.75 Å². The van der Waals surface area contributed by atoms with Crippen molar-refractivity contribution in [2.24, 2.45) is 5.92 Å². The van der Waals surface area contributed by atoms with E-state index in [2.05, 4.69) is 11.4 Å². The fourth-order valence-corrected chi connectivity index (χ4v) is 5.14. The summed E-state index contributed by atoms with van der Waals surface area (Å²) in [5.41, 5.74) is 1.14. The van der Waals surface area contributed by atoms with Gasteiger partial charge in [0, 0.05) is 42.6 Å². The van der Waals surface area contributed by atoms with E-state index in [0.717, 1.165) is 31.2 Å². The van der Waals surface area contributed by atoms with Crippen molar-refractivity contribution in [3.05, 3.63) is 51.2 Å². The number of ether oxygens (including phenoxy) is 2. The Labute approximate surface area is 198 Å². The van der Waals surface area contributed by atoms with E-state index in [0.29, 0.717) is 37.1 Å². The Hall–Kier alpha value is -2.09. The smallest absolute Gasteiger partial charge is 0.242 e. The maximum Gasteiger partial charge on any atom is 0.242 e. The third-order valence-electron chi connectivity index (χ3n) is 5.98. The number of carbonyl (C=O) groups is 2. The van der Waals surface area contributed by atoms with Gasteiger partial charge in [0.25, 0.3) is 0 Å². The van der Waals surface area contributed by atoms with Crippen molar-refractivity contribution in [3.63, 3.8) is 0 Å². The summed E-state index contributed by atoms with van der Waals surface area (Å²) < 4.78 is 11.2. The fraction of sp³-hybridized carbons (Fsp3) is 0.500. The minimum Gasteiger partial charge on any atom is -0.491 e. The second-order valence-electron chi connectivity index (χ2n) is 8.30. The average molecular weight is 477 g/mol. The monoisotopic (exact) mass is 476 g/mol. The first-order chi connectivity index (χ1) is 15.6. The largest absolute Gasteiger partial charge is 0.491 e. The van der Waals surface area contributed by atoms with E-state index < -0.39 is 0 Å². The van der Waals surface area contributed by atoms with Crippen LogP contribution in [0.25, 0.3) is 0 Å². The highest BCUT2D eigenvalue weighted by Gasteiger charge is 2.37. The van der Waals surface area contributed by atoms with Gasteiger partial charge < -0.3 is 19.3 Å². The summed E-state index contributed by atoms with van der Waals surface area (Å²) in [6.45, 7) is 2.21. The van der Waals surface area contributed by atoms with Crippen LogP contribution in [0.3, 0.4) is 0 Å². The molecule has 2 aliphatic rings. The topological polar surface area (TPSA) is 59.1 Å². The highest BCUT2D eigenvalue weighted by atomic mass is 35.5. The molecule has 0 radical (unpaired) electrons. The molecule has 1 aliphatic carbocycles. The number of rotatable bonds is 10. The van der Waals surface area contributed by atoms with Crippen LogP contribution in [0.5, 0.6) is 5.75 Å². The molecule has 2 heterocycles. The van der Waals surface area contributed by atoms with Crippen molar-refractivity contribution in [1.82, 2.24) is 9.80 Å². The first-order valence-corrected chi connectivity index (χ1v) is 12.3. The van der Waals surface area contributed by atoms with Gasteiger partial charge >= 0.3 is 0 Å². The maximum atomic E-state index is 13.4. The molecule has 1 aromatic heterocycles. The number of fused-ring (bicyclic) bond motifs is 1. The van der Waals surface area contributed by atoms with Gasteiger partial charge in [0.15, 0.2) is 0 Å². The Balaban J connectivity index is 1.46. The second-order valence-corrected chi connectivity index (χ2v) is 9.73. The van der Waals surface area contributed by atoms with Gasteiger partial charge in [-0.25, -0.2) is 0 Å². The quantitative estimate of drug-likeness (QED) is 0.483. The predicted octanol–water partition coefficient (Wildman–Crippen LogP) is 4.18. The first-order valence-electron chi connectivity index (χ1n) is 11.1. The summed E-state index contributed by atoms with van der Waals surface area (Å²) >= 11 is 7.70. The van der Waals surface area contributed by atoms with Crippen molar-refractivity contribution in [2.45, 2.75) is 31.7 Å². The van der Waals surface area contributed by atoms with Gasteiger partial charge in [-0.2, -0.15) is 0 Å². The molecule has 1 aliphatic heterocycles. The zero-order valence-corrected chi connectivity index (χ0v) is 19.9. The van der Waals surface area contributed by atoms with E-state index >= 15 is 0 Å². The Morgan fingerprint density at radius 2 is 2.00 bits per heavy atom. The molecule has 4 rings (SSSR count). The summed E-state index contributed by atoms with van der Waals surface area (Å²) in [5, 5.41) is 2.72. The van der Waals surface area contributed by atoms with Gasteiger partial charge in [-0.15, -0.1) is 11.3 Å². The van der Waals surface area contributed by atoms with Crippen LogP contribution in [0.15, 0.2) is 35.7 Å². The van der Waals surface area contributed by atoms with Gasteiger partial charge in [0.1, 0.15) is 12.4 Å². The van der Waals surface area contributed by atoms with Crippen LogP contribution < -0.4 is 4.74 Å². The van der Waals surface area contributed by atoms with Crippen LogP contribution in [0.2, 0.25) is 5.02 Å². The van der Waals surface area contributed by atoms with Gasteiger partial charge in [-0.1, -0.05) is 11.6 Å². The second kappa shape index (κ2) is 10.7. The molecule has 2 aromatic rings. The van der Waals surface area contributed by atoms with E-state index in [1.165, 1.54) is 4.88 Å². The third kappa shape index (κ3) is 5.63. The summed E-state index contributed by atoms with van der Waals surface area (Å²) in [7, 11) is 1.65. The molecule has 0 N–H and O–H groups in total. The first kappa shape index (κ1) is 23.1. The average Bonchev–Trinajstić information content (AvgIpc) is 3.54. The molecular formula is C24H29ClN2O4S. The van der Waals surface area contributed by atoms with Crippen LogP contribution in [-0.4, -0.2) is 61.6 Å². The molecule has 0 saturated heterocycles. The summed E-state index contributed by atoms with van der Waals surface area (Å²) in [6.07, 6.45) is 3.40. The summed E-state index contributed by atoms with van der Waals surface area (Å²) in [4.78, 5) is 31.1. The van der Waals surface area contributed by atoms with E-state index in [1.54, 1.807) is 35.5 Å².